The van der Waals surface area contributed by atoms with Crippen molar-refractivity contribution in [1.82, 2.24) is 9.36 Å². The number of rotatable bonds is 2. The Hall–Kier alpha value is -0.710. The number of hydrogen-bond acceptors (Lipinski definition) is 2. The summed E-state index contributed by atoms with van der Waals surface area (Å²) in [6.45, 7) is 0. The van der Waals surface area contributed by atoms with Gasteiger partial charge in [-0.25, -0.2) is 0 Å². The lowest BCUT2D eigenvalue weighted by molar-refractivity contribution is 0.978. The average Bonchev–Trinajstić information content (AvgIpc) is 2.15. The van der Waals surface area contributed by atoms with Gasteiger partial charge in [-0.15, -0.1) is 0 Å². The molecule has 0 aromatic heterocycles. The molecule has 0 spiro atoms. The summed E-state index contributed by atoms with van der Waals surface area (Å²) in [6, 6.07) is 9.46. The van der Waals surface area contributed by atoms with E-state index in [-0.39, 0.29) is 5.11 Å². The maximum Gasteiger partial charge on any atom is 0.218 e. The van der Waals surface area contributed by atoms with Gasteiger partial charge in [0.15, 0.2) is 0 Å². The Morgan fingerprint density at radius 1 is 1.23 bits per heavy atom. The fourth-order valence-corrected chi connectivity index (χ4v) is 0.825. The first kappa shape index (κ1) is 10.4. The van der Waals surface area contributed by atoms with Crippen LogP contribution in [0.2, 0.25) is 0 Å². The molecule has 0 aliphatic carbocycles. The summed E-state index contributed by atoms with van der Waals surface area (Å²) in [6.07, 6.45) is 0. The molecule has 1 rings (SSSR count). The van der Waals surface area contributed by atoms with E-state index in [9.17, 15) is 0 Å². The summed E-state index contributed by atoms with van der Waals surface area (Å²) in [4.78, 5) is 0. The third-order valence-electron chi connectivity index (χ3n) is 1.24. The third-order valence-corrected chi connectivity index (χ3v) is 2.06. The molecule has 3 nitrogen and oxygen atoms in total. The number of hydrogen-bond donors (Lipinski definition) is 2. The normalized spacial score (nSPS) is 9.08. The molecule has 0 unspecified atom stereocenters. The SMILES string of the molecule is S=C(NNc1ccccc1)N(Cl)Cl. The van der Waals surface area contributed by atoms with Crippen LogP contribution < -0.4 is 10.9 Å². The molecule has 0 atom stereocenters. The lowest BCUT2D eigenvalue weighted by atomic mass is 10.3. The van der Waals surface area contributed by atoms with Crippen molar-refractivity contribution in [3.05, 3.63) is 30.3 Å². The highest BCUT2D eigenvalue weighted by atomic mass is 35.5. The summed E-state index contributed by atoms with van der Waals surface area (Å²) in [5, 5.41) is 0.187. The van der Waals surface area contributed by atoms with Crippen molar-refractivity contribution in [3.63, 3.8) is 0 Å². The molecule has 6 heteroatoms. The van der Waals surface area contributed by atoms with Gasteiger partial charge in [0.1, 0.15) is 0 Å². The Morgan fingerprint density at radius 2 is 1.85 bits per heavy atom. The number of benzene rings is 1. The second kappa shape index (κ2) is 5.11. The van der Waals surface area contributed by atoms with Gasteiger partial charge in [-0.05, 0) is 24.4 Å². The highest BCUT2D eigenvalue weighted by molar-refractivity contribution is 7.80. The lowest BCUT2D eigenvalue weighted by Gasteiger charge is -2.11. The molecule has 0 amide bonds. The van der Waals surface area contributed by atoms with Gasteiger partial charge in [0.25, 0.3) is 0 Å². The first-order valence-corrected chi connectivity index (χ1v) is 4.51. The maximum atomic E-state index is 5.35. The largest absolute Gasteiger partial charge is 0.299 e. The van der Waals surface area contributed by atoms with Crippen molar-refractivity contribution in [2.24, 2.45) is 0 Å². The van der Waals surface area contributed by atoms with Crippen LogP contribution in [-0.2, 0) is 0 Å². The number of nitrogens with one attached hydrogen (secondary N) is 2. The molecular formula is C7H7Cl2N3S. The summed E-state index contributed by atoms with van der Waals surface area (Å²) < 4.78 is 0.769. The highest BCUT2D eigenvalue weighted by Gasteiger charge is 2.00. The first-order valence-electron chi connectivity index (χ1n) is 3.43. The first-order chi connectivity index (χ1) is 6.20. The zero-order chi connectivity index (χ0) is 9.68. The number of hydrazine groups is 1. The van der Waals surface area contributed by atoms with Gasteiger partial charge in [0, 0.05) is 23.6 Å². The number of nitrogens with zero attached hydrogens (tertiary/aromatic N) is 1. The Labute approximate surface area is 91.8 Å². The Kier molecular flexibility index (Phi) is 4.08. The van der Waals surface area contributed by atoms with Crippen LogP contribution >= 0.6 is 35.8 Å². The van der Waals surface area contributed by atoms with Crippen molar-refractivity contribution in [2.45, 2.75) is 0 Å². The topological polar surface area (TPSA) is 27.3 Å². The van der Waals surface area contributed by atoms with Gasteiger partial charge < -0.3 is 0 Å². The zero-order valence-electron chi connectivity index (χ0n) is 6.50. The molecular weight excluding hydrogens is 229 g/mol. The Balaban J connectivity index is 2.40. The van der Waals surface area contributed by atoms with Crippen molar-refractivity contribution in [1.29, 1.82) is 0 Å². The summed E-state index contributed by atoms with van der Waals surface area (Å²) in [5.41, 5.74) is 6.34. The van der Waals surface area contributed by atoms with E-state index in [1.807, 2.05) is 30.3 Å². The van der Waals surface area contributed by atoms with Gasteiger partial charge in [-0.1, -0.05) is 18.2 Å². The Morgan fingerprint density at radius 3 is 2.38 bits per heavy atom. The van der Waals surface area contributed by atoms with Crippen LogP contribution in [0, 0.1) is 0 Å². The van der Waals surface area contributed by atoms with Crippen molar-refractivity contribution in [3.8, 4) is 0 Å². The van der Waals surface area contributed by atoms with E-state index < -0.39 is 0 Å². The van der Waals surface area contributed by atoms with Gasteiger partial charge in [0.05, 0.1) is 5.69 Å². The molecule has 0 saturated carbocycles. The van der Waals surface area contributed by atoms with E-state index in [0.717, 1.165) is 9.63 Å². The molecule has 0 saturated heterocycles. The molecule has 0 aliphatic heterocycles. The fourth-order valence-electron chi connectivity index (χ4n) is 0.689. The number of anilines is 1. The molecule has 70 valence electrons. The van der Waals surface area contributed by atoms with Crippen LogP contribution in [0.4, 0.5) is 5.69 Å². The standard InChI is InChI=1S/C7H7Cl2N3S/c8-12(9)7(13)11-10-6-4-2-1-3-5-6/h1-5,10H,(H,11,13). The quantitative estimate of drug-likeness (QED) is 0.468. The van der Waals surface area contributed by atoms with Crippen LogP contribution in [0.15, 0.2) is 30.3 Å². The fraction of sp³-hybridized carbons (Fsp3) is 0. The van der Waals surface area contributed by atoms with Crippen LogP contribution in [-0.4, -0.2) is 9.05 Å². The van der Waals surface area contributed by atoms with Crippen LogP contribution in [0.5, 0.6) is 0 Å². The lowest BCUT2D eigenvalue weighted by Crippen LogP contribution is -2.33. The molecule has 0 heterocycles. The summed E-state index contributed by atoms with van der Waals surface area (Å²) >= 11 is 15.5. The molecule has 2 N–H and O–H groups in total. The zero-order valence-corrected chi connectivity index (χ0v) is 8.83. The molecule has 0 bridgehead atoms. The van der Waals surface area contributed by atoms with E-state index in [1.165, 1.54) is 0 Å². The van der Waals surface area contributed by atoms with Crippen molar-refractivity contribution < 1.29 is 0 Å². The molecule has 0 fully saturated rings. The van der Waals surface area contributed by atoms with Gasteiger partial charge in [-0.3, -0.25) is 10.9 Å². The van der Waals surface area contributed by atoms with Crippen molar-refractivity contribution in [2.75, 3.05) is 5.43 Å². The molecule has 1 aromatic carbocycles. The maximum absolute atomic E-state index is 5.35. The summed E-state index contributed by atoms with van der Waals surface area (Å²) in [7, 11) is 0. The second-order valence-corrected chi connectivity index (χ2v) is 3.39. The minimum absolute atomic E-state index is 0.187. The minimum Gasteiger partial charge on any atom is -0.299 e. The van der Waals surface area contributed by atoms with Crippen LogP contribution in [0.1, 0.15) is 0 Å². The monoisotopic (exact) mass is 235 g/mol. The van der Waals surface area contributed by atoms with Crippen LogP contribution in [0.25, 0.3) is 0 Å². The smallest absolute Gasteiger partial charge is 0.218 e. The average molecular weight is 236 g/mol. The highest BCUT2D eigenvalue weighted by Crippen LogP contribution is 2.04. The predicted octanol–water partition coefficient (Wildman–Crippen LogP) is 2.50. The van der Waals surface area contributed by atoms with Crippen molar-refractivity contribution >= 4 is 46.6 Å². The van der Waals surface area contributed by atoms with E-state index >= 15 is 0 Å². The van der Waals surface area contributed by atoms with E-state index in [2.05, 4.69) is 10.9 Å². The van der Waals surface area contributed by atoms with Crippen LogP contribution in [0.3, 0.4) is 0 Å². The number of halogens is 2. The number of para-hydroxylation sites is 1. The Bertz CT molecular complexity index is 278. The summed E-state index contributed by atoms with van der Waals surface area (Å²) in [5.74, 6) is 0. The predicted molar refractivity (Wildman–Crippen MR) is 59.3 cm³/mol. The third kappa shape index (κ3) is 3.67. The molecule has 0 aliphatic rings. The van der Waals surface area contributed by atoms with E-state index in [4.69, 9.17) is 35.8 Å². The second-order valence-electron chi connectivity index (χ2n) is 2.15. The van der Waals surface area contributed by atoms with Gasteiger partial charge in [0.2, 0.25) is 5.11 Å². The van der Waals surface area contributed by atoms with Gasteiger partial charge >= 0.3 is 0 Å². The van der Waals surface area contributed by atoms with E-state index in [1.54, 1.807) is 0 Å². The minimum atomic E-state index is 0.187. The number of thiocarbonyl (C=S) groups is 1. The molecule has 0 radical (unpaired) electrons. The molecule has 1 aromatic rings. The molecule has 13 heavy (non-hydrogen) atoms. The van der Waals surface area contributed by atoms with Gasteiger partial charge in [-0.2, -0.15) is 3.94 Å². The van der Waals surface area contributed by atoms with E-state index in [0.29, 0.717) is 0 Å².